The van der Waals surface area contributed by atoms with Gasteiger partial charge in [-0.25, -0.2) is 0 Å². The van der Waals surface area contributed by atoms with Crippen molar-refractivity contribution in [3.8, 4) is 0 Å². The summed E-state index contributed by atoms with van der Waals surface area (Å²) in [5.41, 5.74) is 4.43. The minimum Gasteiger partial charge on any atom is -0.341 e. The van der Waals surface area contributed by atoms with Gasteiger partial charge >= 0.3 is 0 Å². The number of rotatable bonds is 4. The smallest absolute Gasteiger partial charge is 0.146 e. The molecular formula is C19H19NO. The third kappa shape index (κ3) is 2.27. The third-order valence-corrected chi connectivity index (χ3v) is 4.02. The number of hydrogen-bond acceptors (Lipinski definition) is 1. The molecule has 0 saturated heterocycles. The second-order valence-electron chi connectivity index (χ2n) is 5.23. The van der Waals surface area contributed by atoms with Crippen molar-refractivity contribution in [3.63, 3.8) is 0 Å². The molecule has 2 nitrogen and oxygen atoms in total. The van der Waals surface area contributed by atoms with Crippen LogP contribution in [-0.2, 0) is 11.3 Å². The fourth-order valence-corrected chi connectivity index (χ4v) is 2.94. The number of aldehydes is 1. The Bertz CT molecular complexity index is 839. The predicted molar refractivity (Wildman–Crippen MR) is 89.5 cm³/mol. The van der Waals surface area contributed by atoms with Crippen molar-refractivity contribution in [1.82, 2.24) is 4.57 Å². The van der Waals surface area contributed by atoms with Crippen molar-refractivity contribution < 1.29 is 4.79 Å². The van der Waals surface area contributed by atoms with E-state index in [-0.39, 0.29) is 0 Å². The number of para-hydroxylation sites is 1. The average Bonchev–Trinajstić information content (AvgIpc) is 2.85. The minimum absolute atomic E-state index is 0.762. The van der Waals surface area contributed by atoms with Crippen molar-refractivity contribution in [1.29, 1.82) is 0 Å². The largest absolute Gasteiger partial charge is 0.341 e. The number of allylic oxidation sites excluding steroid dienone is 1. The number of aromatic nitrogens is 1. The van der Waals surface area contributed by atoms with Crippen LogP contribution in [0.3, 0.4) is 0 Å². The highest BCUT2D eigenvalue weighted by atomic mass is 16.1. The van der Waals surface area contributed by atoms with Gasteiger partial charge in [-0.05, 0) is 48.8 Å². The van der Waals surface area contributed by atoms with Crippen molar-refractivity contribution >= 4 is 34.2 Å². The first-order chi connectivity index (χ1) is 10.3. The Kier molecular flexibility index (Phi) is 3.61. The van der Waals surface area contributed by atoms with Crippen LogP contribution in [0.4, 0.5) is 0 Å². The van der Waals surface area contributed by atoms with E-state index in [1.54, 1.807) is 0 Å². The van der Waals surface area contributed by atoms with Gasteiger partial charge < -0.3 is 4.57 Å². The molecule has 3 aromatic rings. The van der Waals surface area contributed by atoms with E-state index < -0.39 is 0 Å². The molecule has 0 spiro atoms. The van der Waals surface area contributed by atoms with E-state index in [1.807, 2.05) is 13.0 Å². The van der Waals surface area contributed by atoms with Gasteiger partial charge in [0.15, 0.2) is 0 Å². The number of benzene rings is 2. The number of carbonyl (C=O) groups is 1. The normalized spacial score (nSPS) is 12.2. The lowest BCUT2D eigenvalue weighted by molar-refractivity contribution is -0.104. The number of hydrogen-bond donors (Lipinski definition) is 0. The van der Waals surface area contributed by atoms with Crippen LogP contribution in [0, 0.1) is 0 Å². The number of carbonyl (C=O) groups excluding carboxylic acids is 1. The summed E-state index contributed by atoms with van der Waals surface area (Å²) < 4.78 is 2.33. The first kappa shape index (κ1) is 13.6. The van der Waals surface area contributed by atoms with E-state index in [4.69, 9.17) is 0 Å². The van der Waals surface area contributed by atoms with Gasteiger partial charge in [-0.3, -0.25) is 4.79 Å². The van der Waals surface area contributed by atoms with Gasteiger partial charge in [-0.15, -0.1) is 0 Å². The summed E-state index contributed by atoms with van der Waals surface area (Å²) in [5.74, 6) is 0. The SMILES string of the molecule is CCC(C=O)=Cc1ccc2c(c1)c1ccccc1n2CC. The van der Waals surface area contributed by atoms with E-state index in [0.717, 1.165) is 30.4 Å². The molecule has 106 valence electrons. The van der Waals surface area contributed by atoms with Gasteiger partial charge in [0, 0.05) is 28.4 Å². The molecular weight excluding hydrogens is 258 g/mol. The lowest BCUT2D eigenvalue weighted by Gasteiger charge is -2.03. The molecule has 0 radical (unpaired) electrons. The predicted octanol–water partition coefficient (Wildman–Crippen LogP) is 4.81. The number of fused-ring (bicyclic) bond motifs is 3. The quantitative estimate of drug-likeness (QED) is 0.495. The van der Waals surface area contributed by atoms with Gasteiger partial charge in [-0.2, -0.15) is 0 Å². The second-order valence-corrected chi connectivity index (χ2v) is 5.23. The number of aryl methyl sites for hydroxylation is 1. The van der Waals surface area contributed by atoms with Crippen molar-refractivity contribution in [2.24, 2.45) is 0 Å². The van der Waals surface area contributed by atoms with E-state index in [9.17, 15) is 4.79 Å². The Morgan fingerprint density at radius 3 is 2.52 bits per heavy atom. The molecule has 0 bridgehead atoms. The Morgan fingerprint density at radius 1 is 1.05 bits per heavy atom. The topological polar surface area (TPSA) is 22.0 Å². The molecule has 2 heteroatoms. The maximum Gasteiger partial charge on any atom is 0.146 e. The monoisotopic (exact) mass is 277 g/mol. The Hall–Kier alpha value is -2.35. The van der Waals surface area contributed by atoms with Gasteiger partial charge in [0.25, 0.3) is 0 Å². The molecule has 0 aliphatic carbocycles. The van der Waals surface area contributed by atoms with Crippen molar-refractivity contribution in [2.45, 2.75) is 26.8 Å². The second kappa shape index (κ2) is 5.57. The maximum absolute atomic E-state index is 11.0. The average molecular weight is 277 g/mol. The van der Waals surface area contributed by atoms with Crippen LogP contribution in [0.15, 0.2) is 48.0 Å². The lowest BCUT2D eigenvalue weighted by Crippen LogP contribution is -1.92. The summed E-state index contributed by atoms with van der Waals surface area (Å²) in [4.78, 5) is 11.0. The van der Waals surface area contributed by atoms with Gasteiger partial charge in [0.1, 0.15) is 6.29 Å². The molecule has 0 atom stereocenters. The zero-order chi connectivity index (χ0) is 14.8. The molecule has 1 heterocycles. The van der Waals surface area contributed by atoms with Crippen LogP contribution < -0.4 is 0 Å². The molecule has 0 aliphatic rings. The lowest BCUT2D eigenvalue weighted by atomic mass is 10.1. The summed E-state index contributed by atoms with van der Waals surface area (Å²) in [6.07, 6.45) is 3.68. The molecule has 0 unspecified atom stereocenters. The van der Waals surface area contributed by atoms with E-state index >= 15 is 0 Å². The van der Waals surface area contributed by atoms with Crippen LogP contribution in [0.25, 0.3) is 27.9 Å². The first-order valence-electron chi connectivity index (χ1n) is 7.45. The molecule has 0 amide bonds. The van der Waals surface area contributed by atoms with Crippen LogP contribution >= 0.6 is 0 Å². The van der Waals surface area contributed by atoms with Gasteiger partial charge in [0.2, 0.25) is 0 Å². The molecule has 0 saturated carbocycles. The summed E-state index contributed by atoms with van der Waals surface area (Å²) in [5, 5.41) is 2.52. The maximum atomic E-state index is 11.0. The van der Waals surface area contributed by atoms with Crippen LogP contribution in [0.5, 0.6) is 0 Å². The summed E-state index contributed by atoms with van der Waals surface area (Å²) in [6, 6.07) is 14.9. The van der Waals surface area contributed by atoms with Gasteiger partial charge in [0.05, 0.1) is 0 Å². The fourth-order valence-electron chi connectivity index (χ4n) is 2.94. The van der Waals surface area contributed by atoms with Crippen molar-refractivity contribution in [2.75, 3.05) is 0 Å². The van der Waals surface area contributed by atoms with E-state index in [2.05, 4.69) is 54.0 Å². The highest BCUT2D eigenvalue weighted by molar-refractivity contribution is 6.08. The fraction of sp³-hybridized carbons (Fsp3) is 0.211. The zero-order valence-electron chi connectivity index (χ0n) is 12.5. The molecule has 2 aromatic carbocycles. The Labute approximate surface area is 124 Å². The molecule has 0 fully saturated rings. The van der Waals surface area contributed by atoms with Crippen molar-refractivity contribution in [3.05, 3.63) is 53.6 Å². The minimum atomic E-state index is 0.762. The molecule has 3 rings (SSSR count). The molecule has 1 aromatic heterocycles. The Morgan fingerprint density at radius 2 is 1.81 bits per heavy atom. The summed E-state index contributed by atoms with van der Waals surface area (Å²) >= 11 is 0. The van der Waals surface area contributed by atoms with Crippen LogP contribution in [-0.4, -0.2) is 10.9 Å². The Balaban J connectivity index is 2.29. The first-order valence-corrected chi connectivity index (χ1v) is 7.45. The summed E-state index contributed by atoms with van der Waals surface area (Å²) in [6.45, 7) is 5.12. The van der Waals surface area contributed by atoms with E-state index in [0.29, 0.717) is 0 Å². The van der Waals surface area contributed by atoms with Crippen LogP contribution in [0.2, 0.25) is 0 Å². The molecule has 0 aliphatic heterocycles. The van der Waals surface area contributed by atoms with Gasteiger partial charge in [-0.1, -0.05) is 31.2 Å². The summed E-state index contributed by atoms with van der Waals surface area (Å²) in [7, 11) is 0. The van der Waals surface area contributed by atoms with E-state index in [1.165, 1.54) is 21.8 Å². The number of nitrogens with zero attached hydrogens (tertiary/aromatic N) is 1. The molecule has 0 N–H and O–H groups in total. The van der Waals surface area contributed by atoms with Crippen LogP contribution in [0.1, 0.15) is 25.8 Å². The standard InChI is InChI=1S/C19H19NO/c1-3-14(13-21)11-15-9-10-19-17(12-15)16-7-5-6-8-18(16)20(19)4-2/h5-13H,3-4H2,1-2H3. The zero-order valence-corrected chi connectivity index (χ0v) is 12.5. The molecule has 21 heavy (non-hydrogen) atoms. The highest BCUT2D eigenvalue weighted by Crippen LogP contribution is 2.30. The third-order valence-electron chi connectivity index (χ3n) is 4.02. The highest BCUT2D eigenvalue weighted by Gasteiger charge is 2.09.